The lowest BCUT2D eigenvalue weighted by Crippen LogP contribution is -2.36. The Balaban J connectivity index is 0.000000618. The third kappa shape index (κ3) is 44.6. The van der Waals surface area contributed by atoms with Gasteiger partial charge in [0.2, 0.25) is 0 Å². The number of aliphatic hydroxyl groups is 8. The van der Waals surface area contributed by atoms with Crippen LogP contribution in [0, 0.1) is 47.3 Å². The summed E-state index contributed by atoms with van der Waals surface area (Å²) in [6.45, 7) is 21.7. The molecule has 0 aromatic heterocycles. The fourth-order valence-corrected chi connectivity index (χ4v) is 14.4. The van der Waals surface area contributed by atoms with Gasteiger partial charge in [-0.25, -0.2) is 0 Å². The van der Waals surface area contributed by atoms with Crippen molar-refractivity contribution in [2.75, 3.05) is 40.1 Å². The second kappa shape index (κ2) is 61.0. The molecule has 8 aliphatic carbocycles. The van der Waals surface area contributed by atoms with Crippen LogP contribution >= 0.6 is 0 Å². The fraction of sp³-hybridized carbons (Fsp3) is 0.905. The molecule has 632 valence electrons. The van der Waals surface area contributed by atoms with Gasteiger partial charge in [-0.1, -0.05) is 169 Å². The van der Waals surface area contributed by atoms with Gasteiger partial charge in [0, 0.05) is 0 Å². The van der Waals surface area contributed by atoms with E-state index in [0.717, 1.165) is 257 Å². The first-order chi connectivity index (χ1) is 51.5. The van der Waals surface area contributed by atoms with Gasteiger partial charge in [0.1, 0.15) is 5.60 Å². The topological polar surface area (TPSA) is 372 Å². The smallest absolute Gasteiger partial charge is 0.312 e. The highest BCUT2D eigenvalue weighted by molar-refractivity contribution is 5.76. The van der Waals surface area contributed by atoms with Crippen LogP contribution in [0.2, 0.25) is 0 Å². The lowest BCUT2D eigenvalue weighted by Gasteiger charge is -2.29. The summed E-state index contributed by atoms with van der Waals surface area (Å²) >= 11 is 0. The Morgan fingerprint density at radius 2 is 0.519 bits per heavy atom. The zero-order valence-electron chi connectivity index (χ0n) is 68.7. The second-order valence-electron chi connectivity index (χ2n) is 31.8. The monoisotopic (exact) mass is 1550 g/mol. The van der Waals surface area contributed by atoms with Gasteiger partial charge in [0.15, 0.2) is 0 Å². The number of esters is 8. The van der Waals surface area contributed by atoms with Crippen LogP contribution in [0.5, 0.6) is 0 Å². The van der Waals surface area contributed by atoms with Crippen LogP contribution in [0.3, 0.4) is 0 Å². The van der Waals surface area contributed by atoms with E-state index in [2.05, 4.69) is 25.5 Å². The number of unbranched alkanes of at least 4 members (excludes halogenated alkanes) is 6. The van der Waals surface area contributed by atoms with E-state index in [4.69, 9.17) is 33.2 Å². The molecule has 8 saturated carbocycles. The highest BCUT2D eigenvalue weighted by Crippen LogP contribution is 2.32. The molecule has 0 aromatic rings. The third-order valence-electron chi connectivity index (χ3n) is 20.9. The number of hydrogen-bond acceptors (Lipinski definition) is 24. The Morgan fingerprint density at radius 1 is 0.287 bits per heavy atom. The number of methoxy groups -OCH3 is 1. The van der Waals surface area contributed by atoms with E-state index in [-0.39, 0.29) is 101 Å². The standard InChI is InChI=1S/C13H24O3.C12H22O3.2C11H20O3.2C10H18O3.C9H16O3.C8H14O3/c1-2-3-4-7-10-16-13(15)11-8-5-6-9-12(11)14;1-2-3-6-9-15-12(14)10-7-4-5-8-11(10)13;1-11(2,3)14-10(13)8-6-4-5-7-9(8)12;1-2-3-8-14-11(13)9-6-4-5-7-10(9)12;1-7(2)13-10(12)8-5-3-4-6-9(8)11;1-2-7-13-10(12)8-5-3-4-6-9(8)11;1-2-12-9(11)7-5-3-4-6-8(7)10;1-11-8(10)6-4-2-3-5-7(6)9/h11-12,14H,2-10H2,1H3;10-11,13H,2-9H2,1H3;8-9,12H,4-7H2,1-3H3;9-10,12H,2-8H2,1H3;7-9,11H,3-6H2,1-2H3;8-9,11H,2-7H2,1H3;7-8,10H,2-6H2,1H3;6-7,9H,2-5H2,1H3. The summed E-state index contributed by atoms with van der Waals surface area (Å²) in [5, 5.41) is 76.5. The maximum Gasteiger partial charge on any atom is 0.312 e. The van der Waals surface area contributed by atoms with Crippen LogP contribution in [0.1, 0.15) is 339 Å². The molecule has 24 nitrogen and oxygen atoms in total. The summed E-state index contributed by atoms with van der Waals surface area (Å²) in [5.41, 5.74) is -0.450. The molecule has 0 heterocycles. The molecule has 8 N–H and O–H groups in total. The largest absolute Gasteiger partial charge is 0.469 e. The van der Waals surface area contributed by atoms with Gasteiger partial charge in [-0.3, -0.25) is 38.4 Å². The lowest BCUT2D eigenvalue weighted by molar-refractivity contribution is -0.166. The van der Waals surface area contributed by atoms with Crippen molar-refractivity contribution in [3.63, 3.8) is 0 Å². The molecule has 0 amide bonds. The van der Waals surface area contributed by atoms with Crippen molar-refractivity contribution in [1.82, 2.24) is 0 Å². The van der Waals surface area contributed by atoms with Crippen molar-refractivity contribution in [2.45, 2.75) is 399 Å². The molecule has 8 rings (SSSR count). The van der Waals surface area contributed by atoms with E-state index in [1.165, 1.54) is 20.0 Å². The van der Waals surface area contributed by atoms with Crippen LogP contribution < -0.4 is 0 Å². The van der Waals surface area contributed by atoms with Crippen LogP contribution in [0.25, 0.3) is 0 Å². The van der Waals surface area contributed by atoms with Gasteiger partial charge < -0.3 is 78.7 Å². The molecule has 0 aromatic carbocycles. The van der Waals surface area contributed by atoms with Crippen LogP contribution in [0.4, 0.5) is 0 Å². The SMILES string of the molecule is CC(C)(C)OC(=O)C1CCCCC1O.CC(C)OC(=O)C1CCCCC1O.CCCCCCOC(=O)C1CCCCC1O.CCCCCOC(=O)C1CCCCC1O.CCCCOC(=O)C1CCCCC1O.CCCOC(=O)C1CCCCC1O.CCOC(=O)C1CCCCC1O.COC(=O)C1CCCCC1O. The van der Waals surface area contributed by atoms with Gasteiger partial charge in [-0.2, -0.15) is 0 Å². The quantitative estimate of drug-likeness (QED) is 0.0253. The summed E-state index contributed by atoms with van der Waals surface area (Å²) in [4.78, 5) is 91.4. The number of hydrogen-bond donors (Lipinski definition) is 8. The minimum Gasteiger partial charge on any atom is -0.469 e. The highest BCUT2D eigenvalue weighted by atomic mass is 16.6. The molecule has 16 unspecified atom stereocenters. The minimum absolute atomic E-state index is 0.0818. The molecule has 108 heavy (non-hydrogen) atoms. The molecule has 24 heteroatoms. The summed E-state index contributed by atoms with van der Waals surface area (Å²) < 4.78 is 40.2. The van der Waals surface area contributed by atoms with Gasteiger partial charge in [0.05, 0.1) is 142 Å². The Kier molecular flexibility index (Phi) is 57.3. The second-order valence-corrected chi connectivity index (χ2v) is 31.8. The average molecular weight is 1550 g/mol. The summed E-state index contributed by atoms with van der Waals surface area (Å²) in [5.74, 6) is -3.96. The van der Waals surface area contributed by atoms with Crippen molar-refractivity contribution >= 4 is 47.8 Å². The van der Waals surface area contributed by atoms with Crippen molar-refractivity contribution in [3.8, 4) is 0 Å². The molecule has 0 bridgehead atoms. The first-order valence-electron chi connectivity index (χ1n) is 42.3. The number of carbonyl (C=O) groups is 8. The van der Waals surface area contributed by atoms with E-state index in [0.29, 0.717) is 33.0 Å². The number of carbonyl (C=O) groups excluding carboxylic acids is 8. The van der Waals surface area contributed by atoms with E-state index in [1.54, 1.807) is 6.92 Å². The van der Waals surface area contributed by atoms with Gasteiger partial charge in [0.25, 0.3) is 0 Å². The van der Waals surface area contributed by atoms with Crippen molar-refractivity contribution in [3.05, 3.63) is 0 Å². The fourth-order valence-electron chi connectivity index (χ4n) is 14.4. The van der Waals surface area contributed by atoms with Gasteiger partial charge in [-0.05, 0) is 170 Å². The zero-order valence-corrected chi connectivity index (χ0v) is 68.7. The number of ether oxygens (including phenoxy) is 8. The Hall–Kier alpha value is -4.56. The normalized spacial score (nSPS) is 28.1. The maximum atomic E-state index is 11.7. The van der Waals surface area contributed by atoms with E-state index in [9.17, 15) is 79.2 Å². The van der Waals surface area contributed by atoms with Crippen LogP contribution in [-0.2, 0) is 76.3 Å². The van der Waals surface area contributed by atoms with E-state index >= 15 is 0 Å². The first-order valence-corrected chi connectivity index (χ1v) is 42.3. The Morgan fingerprint density at radius 3 is 0.769 bits per heavy atom. The minimum atomic E-state index is -0.501. The summed E-state index contributed by atoms with van der Waals surface area (Å²) in [6.07, 6.45) is 35.0. The van der Waals surface area contributed by atoms with Crippen LogP contribution in [-0.4, -0.2) is 189 Å². The first kappa shape index (κ1) is 101. The Labute approximate surface area is 649 Å². The molecule has 0 spiro atoms. The Bertz CT molecular complexity index is 2380. The maximum absolute atomic E-state index is 11.7. The van der Waals surface area contributed by atoms with Crippen molar-refractivity contribution in [1.29, 1.82) is 0 Å². The molecule has 8 aliphatic rings. The molecule has 16 atom stereocenters. The predicted octanol–water partition coefficient (Wildman–Crippen LogP) is 13.5. The van der Waals surface area contributed by atoms with Gasteiger partial charge >= 0.3 is 47.8 Å². The lowest BCUT2D eigenvalue weighted by atomic mass is 9.86. The van der Waals surface area contributed by atoms with Crippen LogP contribution in [0.15, 0.2) is 0 Å². The van der Waals surface area contributed by atoms with E-state index in [1.807, 2.05) is 41.5 Å². The summed E-state index contributed by atoms with van der Waals surface area (Å²) in [7, 11) is 1.36. The molecular formula is C84H152O24. The third-order valence-corrected chi connectivity index (χ3v) is 20.9. The highest BCUT2D eigenvalue weighted by Gasteiger charge is 2.37. The summed E-state index contributed by atoms with van der Waals surface area (Å²) in [6, 6.07) is 0. The number of aliphatic hydroxyl groups excluding tert-OH is 8. The molecule has 0 radical (unpaired) electrons. The molecule has 8 fully saturated rings. The van der Waals surface area contributed by atoms with Crippen molar-refractivity contribution < 1.29 is 117 Å². The van der Waals surface area contributed by atoms with E-state index < -0.39 is 54.4 Å². The molecular weight excluding hydrogens is 1390 g/mol. The molecule has 0 saturated heterocycles. The molecule has 0 aliphatic heterocycles. The number of rotatable bonds is 24. The van der Waals surface area contributed by atoms with Gasteiger partial charge in [-0.15, -0.1) is 0 Å². The van der Waals surface area contributed by atoms with Crippen molar-refractivity contribution in [2.24, 2.45) is 47.3 Å². The predicted molar refractivity (Wildman–Crippen MR) is 412 cm³/mol. The average Bonchev–Trinajstić information content (AvgIpc) is 0.843. The zero-order chi connectivity index (χ0) is 80.8.